The zero-order valence-electron chi connectivity index (χ0n) is 14.5. The summed E-state index contributed by atoms with van der Waals surface area (Å²) in [7, 11) is 0. The summed E-state index contributed by atoms with van der Waals surface area (Å²) in [5, 5.41) is 5.93. The lowest BCUT2D eigenvalue weighted by atomic mass is 10.1. The van der Waals surface area contributed by atoms with Crippen molar-refractivity contribution in [3.63, 3.8) is 0 Å². The van der Waals surface area contributed by atoms with Gasteiger partial charge in [-0.3, -0.25) is 4.79 Å². The number of nitrogens with zero attached hydrogens (tertiary/aromatic N) is 2. The summed E-state index contributed by atoms with van der Waals surface area (Å²) in [6.45, 7) is 3.83. The summed E-state index contributed by atoms with van der Waals surface area (Å²) in [5.41, 5.74) is 2.91. The van der Waals surface area contributed by atoms with Gasteiger partial charge in [0.05, 0.1) is 0 Å². The molecule has 1 aromatic heterocycles. The maximum absolute atomic E-state index is 13.0. The van der Waals surface area contributed by atoms with E-state index >= 15 is 0 Å². The molecule has 0 aliphatic heterocycles. The van der Waals surface area contributed by atoms with Gasteiger partial charge >= 0.3 is 0 Å². The third-order valence-corrected chi connectivity index (χ3v) is 3.63. The van der Waals surface area contributed by atoms with Crippen molar-refractivity contribution in [2.24, 2.45) is 0 Å². The predicted molar refractivity (Wildman–Crippen MR) is 99.8 cm³/mol. The van der Waals surface area contributed by atoms with Gasteiger partial charge in [-0.05, 0) is 49.7 Å². The maximum atomic E-state index is 13.0. The molecule has 26 heavy (non-hydrogen) atoms. The van der Waals surface area contributed by atoms with E-state index in [9.17, 15) is 9.18 Å². The molecule has 0 spiro atoms. The fourth-order valence-corrected chi connectivity index (χ4v) is 2.40. The Bertz CT molecular complexity index is 892. The second-order valence-corrected chi connectivity index (χ2v) is 6.14. The van der Waals surface area contributed by atoms with Crippen LogP contribution < -0.4 is 10.6 Å². The van der Waals surface area contributed by atoms with Crippen LogP contribution in [0.3, 0.4) is 0 Å². The minimum Gasteiger partial charge on any atom is -0.350 e. The van der Waals surface area contributed by atoms with Gasteiger partial charge in [-0.2, -0.15) is 0 Å². The topological polar surface area (TPSA) is 66.9 Å². The fourth-order valence-electron chi connectivity index (χ4n) is 2.40. The summed E-state index contributed by atoms with van der Waals surface area (Å²) >= 11 is 0. The third kappa shape index (κ3) is 4.42. The lowest BCUT2D eigenvalue weighted by Crippen LogP contribution is -2.30. The van der Waals surface area contributed by atoms with Gasteiger partial charge in [0, 0.05) is 35.2 Å². The van der Waals surface area contributed by atoms with E-state index in [0.717, 1.165) is 16.8 Å². The number of rotatable bonds is 5. The highest BCUT2D eigenvalue weighted by Gasteiger charge is 2.08. The van der Waals surface area contributed by atoms with Gasteiger partial charge < -0.3 is 10.6 Å². The van der Waals surface area contributed by atoms with Crippen LogP contribution >= 0.6 is 0 Å². The average molecular weight is 350 g/mol. The molecule has 3 aromatic rings. The number of aromatic nitrogens is 2. The fraction of sp³-hybridized carbons (Fsp3) is 0.150. The number of carbonyl (C=O) groups excluding carboxylic acids is 1. The SMILES string of the molecule is CC(C)NC(=O)c1cccc(Nc2ncc(-c3ccc(F)cc3)cn2)c1. The largest absolute Gasteiger partial charge is 0.350 e. The van der Waals surface area contributed by atoms with Crippen molar-refractivity contribution in [1.82, 2.24) is 15.3 Å². The first-order valence-corrected chi connectivity index (χ1v) is 8.27. The van der Waals surface area contributed by atoms with Crippen LogP contribution in [0.1, 0.15) is 24.2 Å². The number of hydrogen-bond acceptors (Lipinski definition) is 4. The van der Waals surface area contributed by atoms with Crippen LogP contribution in [0, 0.1) is 5.82 Å². The minimum atomic E-state index is -0.283. The Hall–Kier alpha value is -3.28. The zero-order valence-corrected chi connectivity index (χ0v) is 14.5. The lowest BCUT2D eigenvalue weighted by molar-refractivity contribution is 0.0943. The molecule has 0 bridgehead atoms. The smallest absolute Gasteiger partial charge is 0.251 e. The van der Waals surface area contributed by atoms with E-state index in [1.54, 1.807) is 42.7 Å². The molecule has 0 radical (unpaired) electrons. The predicted octanol–water partition coefficient (Wildman–Crippen LogP) is 4.16. The van der Waals surface area contributed by atoms with Gasteiger partial charge in [-0.1, -0.05) is 18.2 Å². The van der Waals surface area contributed by atoms with Crippen molar-refractivity contribution < 1.29 is 9.18 Å². The lowest BCUT2D eigenvalue weighted by Gasteiger charge is -2.10. The van der Waals surface area contributed by atoms with E-state index in [-0.39, 0.29) is 17.8 Å². The molecule has 2 N–H and O–H groups in total. The quantitative estimate of drug-likeness (QED) is 0.725. The summed E-state index contributed by atoms with van der Waals surface area (Å²) < 4.78 is 13.0. The third-order valence-electron chi connectivity index (χ3n) is 3.63. The maximum Gasteiger partial charge on any atom is 0.251 e. The van der Waals surface area contributed by atoms with Gasteiger partial charge in [0.25, 0.3) is 5.91 Å². The summed E-state index contributed by atoms with van der Waals surface area (Å²) in [4.78, 5) is 20.6. The number of nitrogens with one attached hydrogen (secondary N) is 2. The minimum absolute atomic E-state index is 0.0708. The zero-order chi connectivity index (χ0) is 18.5. The van der Waals surface area contributed by atoms with Crippen LogP contribution in [-0.4, -0.2) is 21.9 Å². The molecule has 5 nitrogen and oxygen atoms in total. The highest BCUT2D eigenvalue weighted by Crippen LogP contribution is 2.20. The van der Waals surface area contributed by atoms with Gasteiger partial charge in [0.2, 0.25) is 5.95 Å². The second-order valence-electron chi connectivity index (χ2n) is 6.14. The van der Waals surface area contributed by atoms with E-state index in [0.29, 0.717) is 11.5 Å². The first kappa shape index (κ1) is 17.5. The number of benzene rings is 2. The first-order chi connectivity index (χ1) is 12.5. The van der Waals surface area contributed by atoms with Gasteiger partial charge in [-0.15, -0.1) is 0 Å². The standard InChI is InChI=1S/C20H19FN4O/c1-13(2)24-19(26)15-4-3-5-18(10-15)25-20-22-11-16(12-23-20)14-6-8-17(21)9-7-14/h3-13H,1-2H3,(H,24,26)(H,22,23,25). The molecule has 0 saturated heterocycles. The second kappa shape index (κ2) is 7.74. The normalized spacial score (nSPS) is 10.6. The molecule has 3 rings (SSSR count). The van der Waals surface area contributed by atoms with Crippen LogP contribution in [0.25, 0.3) is 11.1 Å². The van der Waals surface area contributed by atoms with E-state index in [1.807, 2.05) is 19.9 Å². The average Bonchev–Trinajstić information content (AvgIpc) is 2.63. The molecule has 6 heteroatoms. The summed E-state index contributed by atoms with van der Waals surface area (Å²) in [5.74, 6) is 0.00264. The van der Waals surface area contributed by atoms with Crippen molar-refractivity contribution >= 4 is 17.5 Å². The van der Waals surface area contributed by atoms with E-state index < -0.39 is 0 Å². The molecular weight excluding hydrogens is 331 g/mol. The van der Waals surface area contributed by atoms with Crippen molar-refractivity contribution in [3.05, 3.63) is 72.3 Å². The number of amides is 1. The number of carbonyl (C=O) groups is 1. The molecule has 0 saturated carbocycles. The van der Waals surface area contributed by atoms with Crippen molar-refractivity contribution in [2.75, 3.05) is 5.32 Å². The monoisotopic (exact) mass is 350 g/mol. The van der Waals surface area contributed by atoms with Crippen LogP contribution in [0.4, 0.5) is 16.0 Å². The molecule has 0 aliphatic rings. The Morgan fingerprint density at radius 2 is 1.69 bits per heavy atom. The Morgan fingerprint density at radius 3 is 2.35 bits per heavy atom. The van der Waals surface area contributed by atoms with Crippen molar-refractivity contribution in [2.45, 2.75) is 19.9 Å². The Balaban J connectivity index is 1.73. The van der Waals surface area contributed by atoms with E-state index in [1.165, 1.54) is 12.1 Å². The number of anilines is 2. The highest BCUT2D eigenvalue weighted by molar-refractivity contribution is 5.95. The van der Waals surface area contributed by atoms with Gasteiger partial charge in [0.15, 0.2) is 0 Å². The molecule has 1 amide bonds. The van der Waals surface area contributed by atoms with Crippen LogP contribution in [0.2, 0.25) is 0 Å². The number of halogens is 1. The highest BCUT2D eigenvalue weighted by atomic mass is 19.1. The molecule has 0 fully saturated rings. The Labute approximate surface area is 151 Å². The van der Waals surface area contributed by atoms with Crippen LogP contribution in [-0.2, 0) is 0 Å². The molecule has 0 unspecified atom stereocenters. The molecule has 1 heterocycles. The Morgan fingerprint density at radius 1 is 1.00 bits per heavy atom. The molecule has 2 aromatic carbocycles. The van der Waals surface area contributed by atoms with Gasteiger partial charge in [-0.25, -0.2) is 14.4 Å². The number of hydrogen-bond donors (Lipinski definition) is 2. The van der Waals surface area contributed by atoms with Crippen LogP contribution in [0.5, 0.6) is 0 Å². The van der Waals surface area contributed by atoms with Crippen molar-refractivity contribution in [3.8, 4) is 11.1 Å². The molecule has 0 aliphatic carbocycles. The van der Waals surface area contributed by atoms with Crippen molar-refractivity contribution in [1.29, 1.82) is 0 Å². The first-order valence-electron chi connectivity index (χ1n) is 8.27. The summed E-state index contributed by atoms with van der Waals surface area (Å²) in [6.07, 6.45) is 3.33. The van der Waals surface area contributed by atoms with Crippen LogP contribution in [0.15, 0.2) is 60.9 Å². The molecular formula is C20H19FN4O. The Kier molecular flexibility index (Phi) is 5.22. The summed E-state index contributed by atoms with van der Waals surface area (Å²) in [6, 6.07) is 13.4. The van der Waals surface area contributed by atoms with Gasteiger partial charge in [0.1, 0.15) is 5.82 Å². The molecule has 132 valence electrons. The van der Waals surface area contributed by atoms with E-state index in [4.69, 9.17) is 0 Å². The van der Waals surface area contributed by atoms with E-state index in [2.05, 4.69) is 20.6 Å². The molecule has 0 atom stereocenters.